The van der Waals surface area contributed by atoms with Crippen LogP contribution in [0.4, 0.5) is 13.6 Å². The Morgan fingerprint density at radius 1 is 1.53 bits per heavy atom. The van der Waals surface area contributed by atoms with Gasteiger partial charge in [-0.25, -0.2) is 13.6 Å². The number of hydrogen-bond donors (Lipinski definition) is 1. The van der Waals surface area contributed by atoms with Gasteiger partial charge in [0.2, 0.25) is 11.7 Å². The van der Waals surface area contributed by atoms with Crippen LogP contribution in [0.3, 0.4) is 0 Å². The van der Waals surface area contributed by atoms with Crippen molar-refractivity contribution in [2.45, 2.75) is 38.3 Å². The third kappa shape index (κ3) is 2.39. The molecule has 1 aromatic rings. The highest BCUT2D eigenvalue weighted by molar-refractivity contribution is 5.75. The lowest BCUT2D eigenvalue weighted by molar-refractivity contribution is 0.136. The zero-order valence-corrected chi connectivity index (χ0v) is 10.2. The highest BCUT2D eigenvalue weighted by atomic mass is 19.3. The fourth-order valence-corrected chi connectivity index (χ4v) is 2.85. The lowest BCUT2D eigenvalue weighted by Crippen LogP contribution is -2.44. The number of halogens is 2. The number of hydrogen-bond acceptors (Lipinski definition) is 4. The zero-order chi connectivity index (χ0) is 13.4. The van der Waals surface area contributed by atoms with E-state index in [1.165, 1.54) is 6.42 Å². The lowest BCUT2D eigenvalue weighted by atomic mass is 10.1. The van der Waals surface area contributed by atoms with E-state index in [9.17, 15) is 13.6 Å². The van der Waals surface area contributed by atoms with Crippen LogP contribution in [0.2, 0.25) is 0 Å². The van der Waals surface area contributed by atoms with Crippen molar-refractivity contribution in [2.75, 3.05) is 6.54 Å². The predicted octanol–water partition coefficient (Wildman–Crippen LogP) is 1.70. The molecule has 6 nitrogen and oxygen atoms in total. The number of carbonyl (C=O) groups excluding carboxylic acids is 1. The van der Waals surface area contributed by atoms with E-state index in [-0.39, 0.29) is 18.5 Å². The predicted molar refractivity (Wildman–Crippen MR) is 59.3 cm³/mol. The average molecular weight is 272 g/mol. The Labute approximate surface area is 108 Å². The number of fused-ring (bicyclic) bond motifs is 2. The Kier molecular flexibility index (Phi) is 3.08. The monoisotopic (exact) mass is 272 g/mol. The summed E-state index contributed by atoms with van der Waals surface area (Å²) < 4.78 is 29.1. The largest absolute Gasteiger partial charge is 0.337 e. The summed E-state index contributed by atoms with van der Waals surface area (Å²) in [6.07, 6.45) is 0.551. The van der Waals surface area contributed by atoms with Gasteiger partial charge in [-0.15, -0.1) is 0 Å². The summed E-state index contributed by atoms with van der Waals surface area (Å²) in [4.78, 5) is 17.2. The fourth-order valence-electron chi connectivity index (χ4n) is 2.85. The summed E-state index contributed by atoms with van der Waals surface area (Å²) >= 11 is 0. The van der Waals surface area contributed by atoms with Gasteiger partial charge in [-0.1, -0.05) is 5.16 Å². The van der Waals surface area contributed by atoms with E-state index in [0.717, 1.165) is 19.4 Å². The maximum absolute atomic E-state index is 12.2. The van der Waals surface area contributed by atoms with Crippen LogP contribution >= 0.6 is 0 Å². The van der Waals surface area contributed by atoms with Crippen LogP contribution in [0, 0.1) is 5.92 Å². The zero-order valence-electron chi connectivity index (χ0n) is 10.2. The van der Waals surface area contributed by atoms with Gasteiger partial charge in [0.1, 0.15) is 0 Å². The number of nitrogens with zero attached hydrogens (tertiary/aromatic N) is 3. The van der Waals surface area contributed by atoms with Crippen LogP contribution in [0.5, 0.6) is 0 Å². The first-order chi connectivity index (χ1) is 9.13. The third-order valence-electron chi connectivity index (χ3n) is 3.74. The molecule has 0 aromatic carbocycles. The number of alkyl halides is 2. The molecule has 1 aliphatic heterocycles. The van der Waals surface area contributed by atoms with Crippen molar-refractivity contribution in [2.24, 2.45) is 5.92 Å². The summed E-state index contributed by atoms with van der Waals surface area (Å²) in [5.41, 5.74) is 0. The summed E-state index contributed by atoms with van der Waals surface area (Å²) in [5.74, 6) is -0.0397. The van der Waals surface area contributed by atoms with E-state index in [1.807, 2.05) is 0 Å². The van der Waals surface area contributed by atoms with Gasteiger partial charge >= 0.3 is 12.5 Å². The van der Waals surface area contributed by atoms with Gasteiger partial charge in [-0.2, -0.15) is 4.98 Å². The summed E-state index contributed by atoms with van der Waals surface area (Å²) in [7, 11) is 0. The standard InChI is InChI=1S/C11H14F2N4O2/c12-9(13)10-15-8(19-16-10)4-14-11(18)17-5-6-1-2-7(17)3-6/h6-7,9H,1-5H2,(H,14,18). The van der Waals surface area contributed by atoms with E-state index in [2.05, 4.69) is 20.0 Å². The van der Waals surface area contributed by atoms with Crippen LogP contribution in [-0.2, 0) is 6.54 Å². The molecule has 1 saturated heterocycles. The Morgan fingerprint density at radius 2 is 2.37 bits per heavy atom. The molecule has 3 rings (SSSR count). The van der Waals surface area contributed by atoms with Gasteiger partial charge < -0.3 is 14.7 Å². The van der Waals surface area contributed by atoms with Crippen LogP contribution in [0.1, 0.15) is 37.4 Å². The van der Waals surface area contributed by atoms with Crippen LogP contribution in [-0.4, -0.2) is 33.7 Å². The molecule has 19 heavy (non-hydrogen) atoms. The topological polar surface area (TPSA) is 71.3 Å². The summed E-state index contributed by atoms with van der Waals surface area (Å²) in [6, 6.07) is 0.133. The molecular weight excluding hydrogens is 258 g/mol. The van der Waals surface area contributed by atoms with Crippen molar-refractivity contribution < 1.29 is 18.1 Å². The highest BCUT2D eigenvalue weighted by Crippen LogP contribution is 2.37. The molecule has 8 heteroatoms. The van der Waals surface area contributed by atoms with Crippen LogP contribution in [0.25, 0.3) is 0 Å². The number of piperidine rings is 1. The second-order valence-corrected chi connectivity index (χ2v) is 4.99. The van der Waals surface area contributed by atoms with Crippen molar-refractivity contribution in [3.05, 3.63) is 11.7 Å². The van der Waals surface area contributed by atoms with E-state index >= 15 is 0 Å². The minimum absolute atomic E-state index is 0.00648. The summed E-state index contributed by atoms with van der Waals surface area (Å²) in [6.45, 7) is 0.759. The third-order valence-corrected chi connectivity index (χ3v) is 3.74. The molecule has 2 aliphatic rings. The van der Waals surface area contributed by atoms with Gasteiger partial charge in [0.25, 0.3) is 0 Å². The molecule has 0 radical (unpaired) electrons. The van der Waals surface area contributed by atoms with Gasteiger partial charge in [0.15, 0.2) is 0 Å². The number of nitrogens with one attached hydrogen (secondary N) is 1. The maximum Gasteiger partial charge on any atom is 0.318 e. The van der Waals surface area contributed by atoms with Gasteiger partial charge in [0, 0.05) is 12.6 Å². The van der Waals surface area contributed by atoms with Gasteiger partial charge in [0.05, 0.1) is 6.54 Å². The molecule has 2 fully saturated rings. The number of rotatable bonds is 3. The Bertz CT molecular complexity index is 479. The fraction of sp³-hybridized carbons (Fsp3) is 0.727. The van der Waals surface area contributed by atoms with E-state index in [1.54, 1.807) is 4.90 Å². The molecule has 1 aromatic heterocycles. The van der Waals surface area contributed by atoms with E-state index in [4.69, 9.17) is 0 Å². The van der Waals surface area contributed by atoms with Gasteiger partial charge in [-0.05, 0) is 25.2 Å². The molecule has 2 atom stereocenters. The normalized spacial score (nSPS) is 25.3. The quantitative estimate of drug-likeness (QED) is 0.909. The Balaban J connectivity index is 1.53. The molecule has 104 valence electrons. The second kappa shape index (κ2) is 4.75. The molecule has 2 bridgehead atoms. The van der Waals surface area contributed by atoms with Crippen molar-refractivity contribution in [3.8, 4) is 0 Å². The first kappa shape index (κ1) is 12.3. The number of urea groups is 1. The SMILES string of the molecule is O=C(NCc1nc(C(F)F)no1)N1CC2CCC1C2. The number of aromatic nitrogens is 2. The maximum atomic E-state index is 12.2. The lowest BCUT2D eigenvalue weighted by Gasteiger charge is -2.26. The minimum atomic E-state index is -2.76. The molecule has 1 N–H and O–H groups in total. The van der Waals surface area contributed by atoms with Gasteiger partial charge in [-0.3, -0.25) is 0 Å². The molecule has 1 saturated carbocycles. The Morgan fingerprint density at radius 3 is 2.95 bits per heavy atom. The van der Waals surface area contributed by atoms with E-state index < -0.39 is 12.2 Å². The highest BCUT2D eigenvalue weighted by Gasteiger charge is 2.40. The Hall–Kier alpha value is -1.73. The molecule has 1 aliphatic carbocycles. The molecule has 2 unspecified atom stereocenters. The molecule has 2 amide bonds. The van der Waals surface area contributed by atoms with Crippen molar-refractivity contribution >= 4 is 6.03 Å². The second-order valence-electron chi connectivity index (χ2n) is 4.99. The molecule has 0 spiro atoms. The first-order valence-electron chi connectivity index (χ1n) is 6.28. The van der Waals surface area contributed by atoms with Crippen LogP contribution in [0.15, 0.2) is 4.52 Å². The number of amides is 2. The van der Waals surface area contributed by atoms with Crippen LogP contribution < -0.4 is 5.32 Å². The van der Waals surface area contributed by atoms with Crippen molar-refractivity contribution in [1.82, 2.24) is 20.4 Å². The number of likely N-dealkylation sites (tertiary alicyclic amines) is 1. The molecular formula is C11H14F2N4O2. The molecule has 2 heterocycles. The smallest absolute Gasteiger partial charge is 0.318 e. The number of carbonyl (C=O) groups is 1. The first-order valence-corrected chi connectivity index (χ1v) is 6.28. The van der Waals surface area contributed by atoms with Crippen molar-refractivity contribution in [1.29, 1.82) is 0 Å². The average Bonchev–Trinajstić information content (AvgIpc) is 3.11. The van der Waals surface area contributed by atoms with E-state index in [0.29, 0.717) is 12.0 Å². The minimum Gasteiger partial charge on any atom is -0.337 e. The van der Waals surface area contributed by atoms with Crippen molar-refractivity contribution in [3.63, 3.8) is 0 Å². The summed E-state index contributed by atoms with van der Waals surface area (Å²) in [5, 5.41) is 5.75.